The van der Waals surface area contributed by atoms with Crippen LogP contribution < -0.4 is 10.6 Å². The molecule has 0 aromatic carbocycles. The topological polar surface area (TPSA) is 62.8 Å². The van der Waals surface area contributed by atoms with Gasteiger partial charge in [0.2, 0.25) is 5.91 Å². The van der Waals surface area contributed by atoms with Crippen molar-refractivity contribution in [1.29, 1.82) is 0 Å². The predicted octanol–water partition coefficient (Wildman–Crippen LogP) is 1.20. The summed E-state index contributed by atoms with van der Waals surface area (Å²) in [6.45, 7) is 10.3. The third-order valence-electron chi connectivity index (χ3n) is 8.50. The van der Waals surface area contributed by atoms with E-state index in [1.807, 2.05) is 4.90 Å². The lowest BCUT2D eigenvalue weighted by Gasteiger charge is -2.64. The summed E-state index contributed by atoms with van der Waals surface area (Å²) in [6, 6.07) is 0.421. The molecule has 3 heterocycles. The summed E-state index contributed by atoms with van der Waals surface area (Å²) >= 11 is 0. The maximum atomic E-state index is 12.9. The van der Waals surface area contributed by atoms with Crippen molar-refractivity contribution < 1.29 is 14.1 Å². The molecule has 6 aliphatic rings. The van der Waals surface area contributed by atoms with Crippen LogP contribution in [-0.2, 0) is 14.1 Å². The number of rotatable bonds is 4. The number of carbonyl (C=O) groups is 1. The average Bonchev–Trinajstić information content (AvgIpc) is 3.36. The van der Waals surface area contributed by atoms with E-state index in [0.717, 1.165) is 51.2 Å². The van der Waals surface area contributed by atoms with Crippen molar-refractivity contribution in [3.05, 3.63) is 0 Å². The van der Waals surface area contributed by atoms with Crippen LogP contribution in [0, 0.1) is 17.3 Å². The number of hydrogen-bond acceptors (Lipinski definition) is 5. The van der Waals surface area contributed by atoms with Crippen LogP contribution in [0.1, 0.15) is 52.9 Å². The largest absolute Gasteiger partial charge is 0.481 e. The molecule has 150 valence electrons. The Morgan fingerprint density at radius 1 is 1.30 bits per heavy atom. The summed E-state index contributed by atoms with van der Waals surface area (Å²) in [4.78, 5) is 14.9. The van der Waals surface area contributed by atoms with E-state index in [4.69, 9.17) is 9.31 Å². The molecule has 1 amide bonds. The van der Waals surface area contributed by atoms with Gasteiger partial charge in [0.1, 0.15) is 0 Å². The van der Waals surface area contributed by atoms with E-state index in [9.17, 15) is 4.79 Å². The zero-order valence-corrected chi connectivity index (χ0v) is 17.0. The summed E-state index contributed by atoms with van der Waals surface area (Å²) in [6.07, 6.45) is 5.70. The zero-order valence-electron chi connectivity index (χ0n) is 17.0. The van der Waals surface area contributed by atoms with Crippen molar-refractivity contribution >= 4 is 13.0 Å². The highest BCUT2D eigenvalue weighted by Crippen LogP contribution is 2.65. The second-order valence-electron chi connectivity index (χ2n) is 10.2. The molecule has 0 aromatic rings. The van der Waals surface area contributed by atoms with Gasteiger partial charge in [-0.05, 0) is 62.8 Å². The van der Waals surface area contributed by atoms with E-state index in [-0.39, 0.29) is 30.7 Å². The van der Waals surface area contributed by atoms with Crippen LogP contribution >= 0.6 is 0 Å². The Morgan fingerprint density at radius 2 is 2.15 bits per heavy atom. The Labute approximate surface area is 163 Å². The monoisotopic (exact) mass is 375 g/mol. The predicted molar refractivity (Wildman–Crippen MR) is 104 cm³/mol. The molecule has 3 saturated heterocycles. The van der Waals surface area contributed by atoms with Gasteiger partial charge in [-0.25, -0.2) is 0 Å². The molecule has 7 heteroatoms. The van der Waals surface area contributed by atoms with Crippen molar-refractivity contribution in [3.8, 4) is 0 Å². The first-order valence-corrected chi connectivity index (χ1v) is 11.0. The van der Waals surface area contributed by atoms with Crippen molar-refractivity contribution in [2.75, 3.05) is 26.2 Å². The normalized spacial score (nSPS) is 45.1. The van der Waals surface area contributed by atoms with Crippen molar-refractivity contribution in [1.82, 2.24) is 15.5 Å². The number of amides is 1. The Bertz CT molecular complexity index is 611. The van der Waals surface area contributed by atoms with Gasteiger partial charge >= 0.3 is 7.12 Å². The molecule has 6 nitrogen and oxygen atoms in total. The van der Waals surface area contributed by atoms with Crippen LogP contribution in [0.3, 0.4) is 0 Å². The van der Waals surface area contributed by atoms with Gasteiger partial charge < -0.3 is 24.8 Å². The summed E-state index contributed by atoms with van der Waals surface area (Å²) in [7, 11) is -0.255. The lowest BCUT2D eigenvalue weighted by Crippen LogP contribution is -2.65. The van der Waals surface area contributed by atoms with E-state index in [0.29, 0.717) is 23.9 Å². The molecule has 0 radical (unpaired) electrons. The highest BCUT2D eigenvalue weighted by Gasteiger charge is 2.69. The van der Waals surface area contributed by atoms with Gasteiger partial charge in [-0.1, -0.05) is 13.8 Å². The van der Waals surface area contributed by atoms with E-state index in [1.165, 1.54) is 6.42 Å². The molecular formula is C20H34BN3O3. The molecule has 27 heavy (non-hydrogen) atoms. The van der Waals surface area contributed by atoms with Crippen LogP contribution in [0.15, 0.2) is 0 Å². The van der Waals surface area contributed by atoms with Crippen LogP contribution in [-0.4, -0.2) is 67.8 Å². The number of carbonyl (C=O) groups excluding carboxylic acids is 1. The number of nitrogens with zero attached hydrogens (tertiary/aromatic N) is 1. The van der Waals surface area contributed by atoms with E-state index < -0.39 is 0 Å². The molecule has 6 atom stereocenters. The Balaban J connectivity index is 1.24. The molecule has 0 spiro atoms. The summed E-state index contributed by atoms with van der Waals surface area (Å²) in [5.74, 6) is 1.60. The van der Waals surface area contributed by atoms with Crippen molar-refractivity contribution in [3.63, 3.8) is 0 Å². The lowest BCUT2D eigenvalue weighted by atomic mass is 9.43. The molecule has 2 bridgehead atoms. The highest BCUT2D eigenvalue weighted by atomic mass is 16.7. The Kier molecular flexibility index (Phi) is 4.39. The van der Waals surface area contributed by atoms with Crippen LogP contribution in [0.5, 0.6) is 0 Å². The third-order valence-corrected chi connectivity index (χ3v) is 8.50. The first kappa shape index (κ1) is 18.4. The van der Waals surface area contributed by atoms with Gasteiger partial charge in [0, 0.05) is 19.1 Å². The maximum Gasteiger partial charge on any atom is 0.481 e. The van der Waals surface area contributed by atoms with Gasteiger partial charge in [0.05, 0.1) is 24.2 Å². The molecule has 3 saturated carbocycles. The molecule has 0 aromatic heterocycles. The highest BCUT2D eigenvalue weighted by molar-refractivity contribution is 6.48. The van der Waals surface area contributed by atoms with Crippen LogP contribution in [0.4, 0.5) is 0 Å². The molecule has 6 rings (SSSR count). The zero-order chi connectivity index (χ0) is 18.8. The second kappa shape index (κ2) is 6.44. The fraction of sp³-hybridized carbons (Fsp3) is 0.950. The number of nitrogens with one attached hydrogen (secondary N) is 2. The molecule has 3 aliphatic heterocycles. The minimum absolute atomic E-state index is 0.0729. The van der Waals surface area contributed by atoms with Crippen LogP contribution in [0.2, 0.25) is 0 Å². The molecule has 2 unspecified atom stereocenters. The van der Waals surface area contributed by atoms with E-state index in [1.54, 1.807) is 0 Å². The second-order valence-corrected chi connectivity index (χ2v) is 10.2. The quantitative estimate of drug-likeness (QED) is 0.723. The minimum Gasteiger partial charge on any atom is -0.404 e. The Hall–Kier alpha value is -0.625. The van der Waals surface area contributed by atoms with Gasteiger partial charge in [0.15, 0.2) is 0 Å². The third kappa shape index (κ3) is 2.80. The van der Waals surface area contributed by atoms with E-state index >= 15 is 0 Å². The van der Waals surface area contributed by atoms with Crippen molar-refractivity contribution in [2.24, 2.45) is 17.3 Å². The first-order valence-electron chi connectivity index (χ1n) is 11.0. The standard InChI is InChI=1S/C20H34BN3O3/c1-19(2)13-9-15(19)20(3)16(10-13)26-21(27-20)17-5-4-8-24(17)18(25)12-23-14-6-7-22-11-14/h13-17,22-23H,4-12H2,1-3H3/t13?,14-,15+,16?,17+,20+/m1/s1. The summed E-state index contributed by atoms with van der Waals surface area (Å²) in [5, 5.41) is 6.75. The smallest absolute Gasteiger partial charge is 0.404 e. The SMILES string of the molecule is CC1(C)C2CC3OB([C@@H]4CCCN4C(=O)CN[C@@H]4CCNC4)O[C@@]3(C)[C@H]1C2. The van der Waals surface area contributed by atoms with Gasteiger partial charge in [-0.15, -0.1) is 0 Å². The minimum atomic E-state index is -0.255. The fourth-order valence-electron chi connectivity index (χ4n) is 6.61. The average molecular weight is 375 g/mol. The summed E-state index contributed by atoms with van der Waals surface area (Å²) in [5.41, 5.74) is 0.169. The molecular weight excluding hydrogens is 341 g/mol. The number of hydrogen-bond donors (Lipinski definition) is 2. The fourth-order valence-corrected chi connectivity index (χ4v) is 6.61. The number of likely N-dealkylation sites (tertiary alicyclic amines) is 1. The summed E-state index contributed by atoms with van der Waals surface area (Å²) < 4.78 is 13.1. The maximum absolute atomic E-state index is 12.9. The van der Waals surface area contributed by atoms with Gasteiger partial charge in [-0.3, -0.25) is 4.79 Å². The van der Waals surface area contributed by atoms with E-state index in [2.05, 4.69) is 31.4 Å². The molecule has 3 aliphatic carbocycles. The molecule has 2 N–H and O–H groups in total. The van der Waals surface area contributed by atoms with Gasteiger partial charge in [0.25, 0.3) is 0 Å². The first-order chi connectivity index (χ1) is 12.9. The Morgan fingerprint density at radius 3 is 2.89 bits per heavy atom. The van der Waals surface area contributed by atoms with Gasteiger partial charge in [-0.2, -0.15) is 0 Å². The lowest BCUT2D eigenvalue weighted by molar-refractivity contribution is -0.199. The molecule has 6 fully saturated rings. The van der Waals surface area contributed by atoms with Crippen molar-refractivity contribution in [2.45, 2.75) is 76.6 Å². The van der Waals surface area contributed by atoms with Crippen LogP contribution in [0.25, 0.3) is 0 Å².